The van der Waals surface area contributed by atoms with E-state index in [1.54, 1.807) is 22.1 Å². The SMILES string of the molecule is Cn1nc(C(C)(C)C)cc1C(=O)N1CCC2(CCN(C(=O)/C=C/c3ccsc3)CC2)C1. The minimum absolute atomic E-state index is 0.0691. The van der Waals surface area contributed by atoms with Crippen molar-refractivity contribution in [2.24, 2.45) is 12.5 Å². The number of thiophene rings is 1. The molecular weight excluding hydrogens is 408 g/mol. The second-order valence-corrected chi connectivity index (χ2v) is 10.8. The highest BCUT2D eigenvalue weighted by atomic mass is 32.1. The molecule has 2 amide bonds. The van der Waals surface area contributed by atoms with Crippen LogP contribution in [-0.2, 0) is 17.3 Å². The number of hydrogen-bond acceptors (Lipinski definition) is 4. The maximum Gasteiger partial charge on any atom is 0.272 e. The van der Waals surface area contributed by atoms with Gasteiger partial charge >= 0.3 is 0 Å². The van der Waals surface area contributed by atoms with E-state index in [0.717, 1.165) is 56.7 Å². The Bertz CT molecular complexity index is 976. The second-order valence-electron chi connectivity index (χ2n) is 9.98. The van der Waals surface area contributed by atoms with Crippen LogP contribution in [0.2, 0.25) is 0 Å². The molecule has 2 fully saturated rings. The van der Waals surface area contributed by atoms with E-state index in [4.69, 9.17) is 0 Å². The van der Waals surface area contributed by atoms with E-state index >= 15 is 0 Å². The molecule has 2 aromatic heterocycles. The van der Waals surface area contributed by atoms with Crippen molar-refractivity contribution < 1.29 is 9.59 Å². The molecule has 1 spiro atoms. The Balaban J connectivity index is 1.35. The quantitative estimate of drug-likeness (QED) is 0.679. The molecule has 0 atom stereocenters. The third kappa shape index (κ3) is 4.61. The largest absolute Gasteiger partial charge is 0.339 e. The summed E-state index contributed by atoms with van der Waals surface area (Å²) in [4.78, 5) is 29.7. The fraction of sp³-hybridized carbons (Fsp3) is 0.542. The summed E-state index contributed by atoms with van der Waals surface area (Å²) >= 11 is 1.63. The average molecular weight is 441 g/mol. The van der Waals surface area contributed by atoms with Crippen LogP contribution in [0.4, 0.5) is 0 Å². The smallest absolute Gasteiger partial charge is 0.272 e. The molecule has 6 nitrogen and oxygen atoms in total. The molecule has 4 heterocycles. The van der Waals surface area contributed by atoms with Gasteiger partial charge in [-0.15, -0.1) is 0 Å². The van der Waals surface area contributed by atoms with Gasteiger partial charge in [-0.25, -0.2) is 0 Å². The van der Waals surface area contributed by atoms with E-state index in [9.17, 15) is 9.59 Å². The lowest BCUT2D eigenvalue weighted by atomic mass is 9.78. The Kier molecular flexibility index (Phi) is 5.81. The van der Waals surface area contributed by atoms with Gasteiger partial charge in [0.15, 0.2) is 0 Å². The van der Waals surface area contributed by atoms with E-state index in [0.29, 0.717) is 5.69 Å². The third-order valence-corrected chi connectivity index (χ3v) is 7.39. The first-order valence-corrected chi connectivity index (χ1v) is 11.9. The molecule has 2 aromatic rings. The zero-order valence-corrected chi connectivity index (χ0v) is 19.7. The number of likely N-dealkylation sites (tertiary alicyclic amines) is 2. The molecule has 0 N–H and O–H groups in total. The van der Waals surface area contributed by atoms with Crippen LogP contribution in [0.5, 0.6) is 0 Å². The normalized spacial score (nSPS) is 19.0. The lowest BCUT2D eigenvalue weighted by Crippen LogP contribution is -2.44. The van der Waals surface area contributed by atoms with Crippen molar-refractivity contribution in [2.45, 2.75) is 45.4 Å². The van der Waals surface area contributed by atoms with Crippen LogP contribution in [0, 0.1) is 5.41 Å². The van der Waals surface area contributed by atoms with Gasteiger partial charge < -0.3 is 9.80 Å². The number of nitrogens with zero attached hydrogens (tertiary/aromatic N) is 4. The Hall–Kier alpha value is -2.41. The Morgan fingerprint density at radius 2 is 1.81 bits per heavy atom. The molecular formula is C24H32N4O2S. The van der Waals surface area contributed by atoms with Crippen molar-refractivity contribution in [1.82, 2.24) is 19.6 Å². The third-order valence-electron chi connectivity index (χ3n) is 6.69. The monoisotopic (exact) mass is 440 g/mol. The molecule has 31 heavy (non-hydrogen) atoms. The number of aryl methyl sites for hydroxylation is 1. The number of carbonyl (C=O) groups excluding carboxylic acids is 2. The van der Waals surface area contributed by atoms with Gasteiger partial charge in [-0.05, 0) is 59.2 Å². The summed E-state index contributed by atoms with van der Waals surface area (Å²) in [6.45, 7) is 9.40. The molecule has 2 aliphatic rings. The van der Waals surface area contributed by atoms with Gasteiger partial charge in [-0.3, -0.25) is 14.3 Å². The predicted molar refractivity (Wildman–Crippen MR) is 124 cm³/mol. The lowest BCUT2D eigenvalue weighted by Gasteiger charge is -2.38. The molecule has 0 unspecified atom stereocenters. The number of hydrogen-bond donors (Lipinski definition) is 0. The number of aromatic nitrogens is 2. The van der Waals surface area contributed by atoms with Gasteiger partial charge in [0.25, 0.3) is 5.91 Å². The fourth-order valence-corrected chi connectivity index (χ4v) is 5.19. The molecule has 0 saturated carbocycles. The molecule has 2 saturated heterocycles. The summed E-state index contributed by atoms with van der Waals surface area (Å²) in [6.07, 6.45) is 6.48. The van der Waals surface area contributed by atoms with Crippen LogP contribution in [0.15, 0.2) is 29.0 Å². The standard InChI is InChI=1S/C24H32N4O2S/c1-23(2,3)20-15-19(26(4)25-20)22(30)28-13-10-24(17-28)8-11-27(12-9-24)21(29)6-5-18-7-14-31-16-18/h5-7,14-16H,8-13,17H2,1-4H3/b6-5+. The van der Waals surface area contributed by atoms with Gasteiger partial charge in [0.05, 0.1) is 5.69 Å². The molecule has 4 rings (SSSR count). The highest BCUT2D eigenvalue weighted by Gasteiger charge is 2.43. The van der Waals surface area contributed by atoms with Gasteiger partial charge in [0.1, 0.15) is 5.69 Å². The van der Waals surface area contributed by atoms with Crippen LogP contribution in [-0.4, -0.2) is 57.6 Å². The molecule has 2 aliphatic heterocycles. The number of amides is 2. The second kappa shape index (κ2) is 8.26. The average Bonchev–Trinajstić information content (AvgIpc) is 3.46. The van der Waals surface area contributed by atoms with E-state index in [-0.39, 0.29) is 22.6 Å². The van der Waals surface area contributed by atoms with Gasteiger partial charge in [-0.2, -0.15) is 16.4 Å². The van der Waals surface area contributed by atoms with Crippen LogP contribution >= 0.6 is 11.3 Å². The van der Waals surface area contributed by atoms with E-state index < -0.39 is 0 Å². The van der Waals surface area contributed by atoms with E-state index in [1.165, 1.54) is 0 Å². The zero-order valence-electron chi connectivity index (χ0n) is 18.9. The van der Waals surface area contributed by atoms with Gasteiger partial charge in [0, 0.05) is 44.7 Å². The maximum atomic E-state index is 13.2. The minimum atomic E-state index is -0.0836. The summed E-state index contributed by atoms with van der Waals surface area (Å²) in [5, 5.41) is 8.61. The van der Waals surface area contributed by atoms with Crippen molar-refractivity contribution in [2.75, 3.05) is 26.2 Å². The Morgan fingerprint density at radius 1 is 1.13 bits per heavy atom. The van der Waals surface area contributed by atoms with Crippen molar-refractivity contribution >= 4 is 29.2 Å². The summed E-state index contributed by atoms with van der Waals surface area (Å²) in [5.41, 5.74) is 2.72. The molecule has 0 bridgehead atoms. The first-order valence-electron chi connectivity index (χ1n) is 11.0. The summed E-state index contributed by atoms with van der Waals surface area (Å²) in [5.74, 6) is 0.149. The lowest BCUT2D eigenvalue weighted by molar-refractivity contribution is -0.128. The Morgan fingerprint density at radius 3 is 2.39 bits per heavy atom. The first kappa shape index (κ1) is 21.8. The topological polar surface area (TPSA) is 58.4 Å². The van der Waals surface area contributed by atoms with E-state index in [2.05, 4.69) is 25.9 Å². The van der Waals surface area contributed by atoms with Crippen LogP contribution in [0.25, 0.3) is 6.08 Å². The van der Waals surface area contributed by atoms with E-state index in [1.807, 2.05) is 45.8 Å². The Labute approximate surface area is 188 Å². The van der Waals surface area contributed by atoms with Crippen molar-refractivity contribution in [1.29, 1.82) is 0 Å². The molecule has 166 valence electrons. The molecule has 7 heteroatoms. The fourth-order valence-electron chi connectivity index (χ4n) is 4.56. The summed E-state index contributed by atoms with van der Waals surface area (Å²) < 4.78 is 1.72. The predicted octanol–water partition coefficient (Wildman–Crippen LogP) is 3.95. The maximum absolute atomic E-state index is 13.2. The van der Waals surface area contributed by atoms with Crippen molar-refractivity contribution in [3.63, 3.8) is 0 Å². The minimum Gasteiger partial charge on any atom is -0.339 e. The van der Waals surface area contributed by atoms with Crippen LogP contribution in [0.3, 0.4) is 0 Å². The summed E-state index contributed by atoms with van der Waals surface area (Å²) in [7, 11) is 1.85. The highest BCUT2D eigenvalue weighted by Crippen LogP contribution is 2.41. The van der Waals surface area contributed by atoms with Crippen molar-refractivity contribution in [3.8, 4) is 0 Å². The van der Waals surface area contributed by atoms with Gasteiger partial charge in [0.2, 0.25) is 5.91 Å². The molecule has 0 radical (unpaired) electrons. The first-order chi connectivity index (χ1) is 14.7. The number of piperidine rings is 1. The van der Waals surface area contributed by atoms with Gasteiger partial charge in [-0.1, -0.05) is 20.8 Å². The summed E-state index contributed by atoms with van der Waals surface area (Å²) in [6, 6.07) is 3.95. The van der Waals surface area contributed by atoms with Crippen LogP contribution < -0.4 is 0 Å². The van der Waals surface area contributed by atoms with Crippen LogP contribution in [0.1, 0.15) is 61.8 Å². The molecule has 0 aliphatic carbocycles. The van der Waals surface area contributed by atoms with Crippen molar-refractivity contribution in [3.05, 3.63) is 45.9 Å². The number of rotatable bonds is 3. The number of carbonyl (C=O) groups is 2. The highest BCUT2D eigenvalue weighted by molar-refractivity contribution is 7.08. The zero-order chi connectivity index (χ0) is 22.2. The molecule has 0 aromatic carbocycles.